The predicted molar refractivity (Wildman–Crippen MR) is 91.5 cm³/mol. The van der Waals surface area contributed by atoms with E-state index in [0.717, 1.165) is 11.1 Å². The molecule has 1 heterocycles. The number of morpholine rings is 1. The van der Waals surface area contributed by atoms with Gasteiger partial charge in [0.25, 0.3) is 0 Å². The summed E-state index contributed by atoms with van der Waals surface area (Å²) < 4.78 is 31.8. The summed E-state index contributed by atoms with van der Waals surface area (Å²) in [4.78, 5) is 11.6. The second-order valence-corrected chi connectivity index (χ2v) is 7.61. The molecule has 3 rings (SSSR count). The van der Waals surface area contributed by atoms with Crippen LogP contribution in [0.1, 0.15) is 17.3 Å². The minimum atomic E-state index is -3.47. The first-order valence-electron chi connectivity index (χ1n) is 7.78. The molecule has 6 heteroatoms. The van der Waals surface area contributed by atoms with Gasteiger partial charge in [0, 0.05) is 18.7 Å². The minimum Gasteiger partial charge on any atom is -0.379 e. The number of hydrogen-bond acceptors (Lipinski definition) is 4. The summed E-state index contributed by atoms with van der Waals surface area (Å²) >= 11 is 0. The molecule has 0 unspecified atom stereocenters. The first kappa shape index (κ1) is 16.8. The lowest BCUT2D eigenvalue weighted by molar-refractivity contribution is 0.0730. The van der Waals surface area contributed by atoms with Gasteiger partial charge in [-0.1, -0.05) is 36.4 Å². The van der Waals surface area contributed by atoms with E-state index in [1.807, 2.05) is 12.1 Å². The molecule has 24 heavy (non-hydrogen) atoms. The lowest BCUT2D eigenvalue weighted by Crippen LogP contribution is -2.40. The van der Waals surface area contributed by atoms with Crippen LogP contribution in [0.3, 0.4) is 0 Å². The third kappa shape index (κ3) is 3.40. The SMILES string of the molecule is CC(=O)c1ccc(-c2ccc(S(=O)(=O)N3CCOCC3)cc2)cc1. The van der Waals surface area contributed by atoms with Crippen LogP contribution in [-0.2, 0) is 14.8 Å². The van der Waals surface area contributed by atoms with Crippen LogP contribution in [0.2, 0.25) is 0 Å². The Morgan fingerprint density at radius 3 is 1.92 bits per heavy atom. The van der Waals surface area contributed by atoms with Gasteiger partial charge in [0.2, 0.25) is 10.0 Å². The largest absolute Gasteiger partial charge is 0.379 e. The fourth-order valence-electron chi connectivity index (χ4n) is 2.65. The molecule has 1 aliphatic heterocycles. The number of ether oxygens (including phenoxy) is 1. The molecule has 0 bridgehead atoms. The molecule has 2 aromatic carbocycles. The molecule has 2 aromatic rings. The van der Waals surface area contributed by atoms with Crippen molar-refractivity contribution in [3.63, 3.8) is 0 Å². The molecule has 1 fully saturated rings. The zero-order chi connectivity index (χ0) is 17.2. The second-order valence-electron chi connectivity index (χ2n) is 5.67. The first-order chi connectivity index (χ1) is 11.5. The summed E-state index contributed by atoms with van der Waals surface area (Å²) in [6.07, 6.45) is 0. The van der Waals surface area contributed by atoms with E-state index in [1.165, 1.54) is 11.2 Å². The molecule has 0 atom stereocenters. The number of nitrogens with zero attached hydrogens (tertiary/aromatic N) is 1. The van der Waals surface area contributed by atoms with Gasteiger partial charge in [0.05, 0.1) is 18.1 Å². The van der Waals surface area contributed by atoms with Crippen LogP contribution in [0.4, 0.5) is 0 Å². The van der Waals surface area contributed by atoms with Gasteiger partial charge in [-0.05, 0) is 30.2 Å². The molecule has 0 saturated carbocycles. The Morgan fingerprint density at radius 1 is 0.917 bits per heavy atom. The Bertz CT molecular complexity index is 820. The summed E-state index contributed by atoms with van der Waals surface area (Å²) in [7, 11) is -3.47. The van der Waals surface area contributed by atoms with Crippen molar-refractivity contribution in [3.8, 4) is 11.1 Å². The highest BCUT2D eigenvalue weighted by Crippen LogP contribution is 2.24. The Morgan fingerprint density at radius 2 is 1.42 bits per heavy atom. The lowest BCUT2D eigenvalue weighted by atomic mass is 10.0. The van der Waals surface area contributed by atoms with E-state index in [9.17, 15) is 13.2 Å². The smallest absolute Gasteiger partial charge is 0.243 e. The molecular formula is C18H19NO4S. The van der Waals surface area contributed by atoms with Crippen LogP contribution in [0.25, 0.3) is 11.1 Å². The highest BCUT2D eigenvalue weighted by molar-refractivity contribution is 7.89. The topological polar surface area (TPSA) is 63.7 Å². The van der Waals surface area contributed by atoms with E-state index in [2.05, 4.69) is 0 Å². The number of hydrogen-bond donors (Lipinski definition) is 0. The van der Waals surface area contributed by atoms with E-state index in [0.29, 0.717) is 31.9 Å². The quantitative estimate of drug-likeness (QED) is 0.799. The van der Waals surface area contributed by atoms with Crippen molar-refractivity contribution in [2.45, 2.75) is 11.8 Å². The van der Waals surface area contributed by atoms with Gasteiger partial charge in [-0.15, -0.1) is 0 Å². The molecule has 1 aliphatic rings. The normalized spacial score (nSPS) is 16.0. The second kappa shape index (κ2) is 6.84. The first-order valence-corrected chi connectivity index (χ1v) is 9.22. The molecule has 0 radical (unpaired) electrons. The molecule has 0 aromatic heterocycles. The zero-order valence-electron chi connectivity index (χ0n) is 13.4. The van der Waals surface area contributed by atoms with Crippen LogP contribution < -0.4 is 0 Å². The maximum atomic E-state index is 12.6. The summed E-state index contributed by atoms with van der Waals surface area (Å²) in [5.74, 6) is 0.0218. The monoisotopic (exact) mass is 345 g/mol. The van der Waals surface area contributed by atoms with E-state index >= 15 is 0 Å². The van der Waals surface area contributed by atoms with Crippen LogP contribution in [0.15, 0.2) is 53.4 Å². The summed E-state index contributed by atoms with van der Waals surface area (Å²) in [6, 6.07) is 14.1. The number of sulfonamides is 1. The van der Waals surface area contributed by atoms with E-state index in [-0.39, 0.29) is 10.7 Å². The van der Waals surface area contributed by atoms with Gasteiger partial charge in [0.15, 0.2) is 5.78 Å². The van der Waals surface area contributed by atoms with Crippen molar-refractivity contribution in [2.75, 3.05) is 26.3 Å². The van der Waals surface area contributed by atoms with Gasteiger partial charge < -0.3 is 4.74 Å². The minimum absolute atomic E-state index is 0.0218. The number of benzene rings is 2. The van der Waals surface area contributed by atoms with E-state index in [1.54, 1.807) is 36.4 Å². The third-order valence-electron chi connectivity index (χ3n) is 4.09. The van der Waals surface area contributed by atoms with Crippen molar-refractivity contribution in [2.24, 2.45) is 0 Å². The zero-order valence-corrected chi connectivity index (χ0v) is 14.3. The van der Waals surface area contributed by atoms with Gasteiger partial charge >= 0.3 is 0 Å². The molecule has 0 amide bonds. The number of carbonyl (C=O) groups is 1. The summed E-state index contributed by atoms with van der Waals surface area (Å²) in [6.45, 7) is 3.16. The molecule has 0 aliphatic carbocycles. The number of Topliss-reactive ketones (excluding diaryl/α,β-unsaturated/α-hetero) is 1. The maximum Gasteiger partial charge on any atom is 0.243 e. The van der Waals surface area contributed by atoms with Crippen LogP contribution >= 0.6 is 0 Å². The average Bonchev–Trinajstić information content (AvgIpc) is 2.62. The molecule has 5 nitrogen and oxygen atoms in total. The highest BCUT2D eigenvalue weighted by atomic mass is 32.2. The molecule has 126 valence electrons. The fraction of sp³-hybridized carbons (Fsp3) is 0.278. The van der Waals surface area contributed by atoms with Gasteiger partial charge in [-0.2, -0.15) is 4.31 Å². The van der Waals surface area contributed by atoms with E-state index in [4.69, 9.17) is 4.74 Å². The van der Waals surface area contributed by atoms with Crippen LogP contribution in [-0.4, -0.2) is 44.8 Å². The molecule has 0 spiro atoms. The Labute approximate surface area is 141 Å². The predicted octanol–water partition coefficient (Wildman–Crippen LogP) is 2.58. The molecular weight excluding hydrogens is 326 g/mol. The van der Waals surface area contributed by atoms with E-state index < -0.39 is 10.0 Å². The summed E-state index contributed by atoms with van der Waals surface area (Å²) in [5, 5.41) is 0. The number of rotatable bonds is 4. The lowest BCUT2D eigenvalue weighted by Gasteiger charge is -2.26. The van der Waals surface area contributed by atoms with Gasteiger partial charge in [0.1, 0.15) is 0 Å². The Balaban J connectivity index is 1.83. The molecule has 1 saturated heterocycles. The standard InChI is InChI=1S/C18H19NO4S/c1-14(20)15-2-4-16(5-3-15)17-6-8-18(9-7-17)24(21,22)19-10-12-23-13-11-19/h2-9H,10-13H2,1H3. The fourth-order valence-corrected chi connectivity index (χ4v) is 4.06. The van der Waals surface area contributed by atoms with Gasteiger partial charge in [-0.25, -0.2) is 8.42 Å². The van der Waals surface area contributed by atoms with Crippen molar-refractivity contribution in [3.05, 3.63) is 54.1 Å². The van der Waals surface area contributed by atoms with Crippen LogP contribution in [0, 0.1) is 0 Å². The van der Waals surface area contributed by atoms with Crippen molar-refractivity contribution in [1.29, 1.82) is 0 Å². The van der Waals surface area contributed by atoms with Crippen molar-refractivity contribution in [1.82, 2.24) is 4.31 Å². The van der Waals surface area contributed by atoms with Gasteiger partial charge in [-0.3, -0.25) is 4.79 Å². The highest BCUT2D eigenvalue weighted by Gasteiger charge is 2.26. The van der Waals surface area contributed by atoms with Crippen molar-refractivity contribution >= 4 is 15.8 Å². The summed E-state index contributed by atoms with van der Waals surface area (Å²) in [5.41, 5.74) is 2.51. The Kier molecular flexibility index (Phi) is 4.80. The Hall–Kier alpha value is -2.02. The average molecular weight is 345 g/mol. The van der Waals surface area contributed by atoms with Crippen molar-refractivity contribution < 1.29 is 17.9 Å². The van der Waals surface area contributed by atoms with Crippen LogP contribution in [0.5, 0.6) is 0 Å². The number of carbonyl (C=O) groups excluding carboxylic acids is 1. The maximum absolute atomic E-state index is 12.6. The number of ketones is 1. The third-order valence-corrected chi connectivity index (χ3v) is 6.00. The molecule has 0 N–H and O–H groups in total.